The van der Waals surface area contributed by atoms with Crippen LogP contribution in [0.3, 0.4) is 0 Å². The minimum Gasteiger partial charge on any atom is -0.496 e. The van der Waals surface area contributed by atoms with Crippen molar-refractivity contribution in [1.29, 1.82) is 0 Å². The largest absolute Gasteiger partial charge is 0.496 e. The molecule has 0 unspecified atom stereocenters. The van der Waals surface area contributed by atoms with Gasteiger partial charge in [0.2, 0.25) is 0 Å². The molecule has 0 spiro atoms. The van der Waals surface area contributed by atoms with Gasteiger partial charge in [-0.2, -0.15) is 0 Å². The van der Waals surface area contributed by atoms with E-state index in [2.05, 4.69) is 40.2 Å². The molecule has 3 nitrogen and oxygen atoms in total. The molecule has 0 fully saturated rings. The van der Waals surface area contributed by atoms with Crippen LogP contribution in [-0.4, -0.2) is 12.9 Å². The zero-order valence-electron chi connectivity index (χ0n) is 18.2. The minimum absolute atomic E-state index is 0.0466. The molecular formula is C29H23BrO3. The van der Waals surface area contributed by atoms with E-state index in [1.807, 2.05) is 66.7 Å². The maximum atomic E-state index is 12.4. The van der Waals surface area contributed by atoms with Crippen LogP contribution < -0.4 is 9.47 Å². The van der Waals surface area contributed by atoms with Crippen LogP contribution in [0, 0.1) is 0 Å². The summed E-state index contributed by atoms with van der Waals surface area (Å²) in [6, 6.07) is 31.4. The summed E-state index contributed by atoms with van der Waals surface area (Å²) in [7, 11) is 1.64. The van der Waals surface area contributed by atoms with E-state index < -0.39 is 0 Å². The molecule has 0 amide bonds. The second-order valence-corrected chi connectivity index (χ2v) is 8.37. The standard InChI is InChI=1S/C29H23BrO3/c1-32-29-18-8-21(7-17-28(31)24-9-13-26(30)14-10-24)19-25(29)20-33-27-15-11-23(12-16-27)22-5-3-2-4-6-22/h2-19H,20H2,1H3/b17-7+. The Morgan fingerprint density at radius 3 is 2.24 bits per heavy atom. The minimum atomic E-state index is -0.0466. The van der Waals surface area contributed by atoms with Crippen LogP contribution in [0.4, 0.5) is 0 Å². The Balaban J connectivity index is 1.44. The first-order valence-corrected chi connectivity index (χ1v) is 11.3. The van der Waals surface area contributed by atoms with Crippen molar-refractivity contribution in [3.8, 4) is 22.6 Å². The topological polar surface area (TPSA) is 35.5 Å². The Bertz CT molecular complexity index is 1240. The van der Waals surface area contributed by atoms with Crippen molar-refractivity contribution in [3.63, 3.8) is 0 Å². The third kappa shape index (κ3) is 5.99. The second-order valence-electron chi connectivity index (χ2n) is 7.45. The van der Waals surface area contributed by atoms with Gasteiger partial charge in [-0.25, -0.2) is 0 Å². The fraction of sp³-hybridized carbons (Fsp3) is 0.0690. The van der Waals surface area contributed by atoms with Gasteiger partial charge in [0.1, 0.15) is 18.1 Å². The number of hydrogen-bond acceptors (Lipinski definition) is 3. The second kappa shape index (κ2) is 10.8. The molecule has 0 heterocycles. The highest BCUT2D eigenvalue weighted by atomic mass is 79.9. The molecule has 0 saturated heterocycles. The highest BCUT2D eigenvalue weighted by Crippen LogP contribution is 2.25. The van der Waals surface area contributed by atoms with E-state index in [0.717, 1.165) is 32.7 Å². The number of allylic oxidation sites excluding steroid dienone is 1. The Morgan fingerprint density at radius 2 is 1.55 bits per heavy atom. The average Bonchev–Trinajstić information content (AvgIpc) is 2.87. The summed E-state index contributed by atoms with van der Waals surface area (Å²) in [6.45, 7) is 0.357. The number of halogens is 1. The van der Waals surface area contributed by atoms with Crippen LogP contribution in [0.25, 0.3) is 17.2 Å². The third-order valence-corrected chi connectivity index (χ3v) is 5.74. The normalized spacial score (nSPS) is 10.8. The molecule has 0 aromatic heterocycles. The van der Waals surface area contributed by atoms with Gasteiger partial charge in [-0.3, -0.25) is 4.79 Å². The van der Waals surface area contributed by atoms with Crippen molar-refractivity contribution in [3.05, 3.63) is 124 Å². The fourth-order valence-electron chi connectivity index (χ4n) is 3.43. The maximum Gasteiger partial charge on any atom is 0.185 e. The highest BCUT2D eigenvalue weighted by molar-refractivity contribution is 9.10. The first kappa shape index (κ1) is 22.6. The molecule has 0 radical (unpaired) electrons. The van der Waals surface area contributed by atoms with Gasteiger partial charge in [0.15, 0.2) is 5.78 Å². The number of carbonyl (C=O) groups is 1. The smallest absolute Gasteiger partial charge is 0.185 e. The Hall–Kier alpha value is -3.63. The zero-order valence-corrected chi connectivity index (χ0v) is 19.8. The molecule has 33 heavy (non-hydrogen) atoms. The van der Waals surface area contributed by atoms with E-state index in [4.69, 9.17) is 9.47 Å². The molecule has 0 aliphatic heterocycles. The number of benzene rings is 4. The molecule has 0 N–H and O–H groups in total. The van der Waals surface area contributed by atoms with E-state index in [0.29, 0.717) is 12.2 Å². The Morgan fingerprint density at radius 1 is 0.848 bits per heavy atom. The molecule has 4 heteroatoms. The number of ketones is 1. The van der Waals surface area contributed by atoms with E-state index in [-0.39, 0.29) is 5.78 Å². The van der Waals surface area contributed by atoms with Crippen molar-refractivity contribution < 1.29 is 14.3 Å². The van der Waals surface area contributed by atoms with Gasteiger partial charge in [-0.1, -0.05) is 70.5 Å². The van der Waals surface area contributed by atoms with E-state index >= 15 is 0 Å². The molecule has 0 atom stereocenters. The fourth-order valence-corrected chi connectivity index (χ4v) is 3.70. The molecule has 0 aliphatic rings. The lowest BCUT2D eigenvalue weighted by Gasteiger charge is -2.12. The van der Waals surface area contributed by atoms with Crippen molar-refractivity contribution in [1.82, 2.24) is 0 Å². The van der Waals surface area contributed by atoms with Gasteiger partial charge < -0.3 is 9.47 Å². The van der Waals surface area contributed by atoms with Crippen molar-refractivity contribution in [2.24, 2.45) is 0 Å². The number of methoxy groups -OCH3 is 1. The summed E-state index contributed by atoms with van der Waals surface area (Å²) >= 11 is 3.38. The van der Waals surface area contributed by atoms with Crippen LogP contribution in [0.5, 0.6) is 11.5 Å². The van der Waals surface area contributed by atoms with Crippen molar-refractivity contribution >= 4 is 27.8 Å². The molecule has 164 valence electrons. The lowest BCUT2D eigenvalue weighted by atomic mass is 10.1. The van der Waals surface area contributed by atoms with E-state index in [9.17, 15) is 4.79 Å². The van der Waals surface area contributed by atoms with Gasteiger partial charge in [0.05, 0.1) is 7.11 Å². The molecule has 4 rings (SSSR count). The van der Waals surface area contributed by atoms with Gasteiger partial charge in [0.25, 0.3) is 0 Å². The highest BCUT2D eigenvalue weighted by Gasteiger charge is 2.07. The van der Waals surface area contributed by atoms with Gasteiger partial charge in [0, 0.05) is 15.6 Å². The van der Waals surface area contributed by atoms with Gasteiger partial charge in [-0.15, -0.1) is 0 Å². The summed E-state index contributed by atoms with van der Waals surface area (Å²) < 4.78 is 12.4. The van der Waals surface area contributed by atoms with Crippen LogP contribution in [-0.2, 0) is 6.61 Å². The van der Waals surface area contributed by atoms with Crippen LogP contribution in [0.15, 0.2) is 108 Å². The lowest BCUT2D eigenvalue weighted by molar-refractivity contribution is 0.104. The number of rotatable bonds is 8. The van der Waals surface area contributed by atoms with E-state index in [1.165, 1.54) is 5.56 Å². The molecule has 0 saturated carbocycles. The monoisotopic (exact) mass is 498 g/mol. The molecule has 0 bridgehead atoms. The first-order valence-electron chi connectivity index (χ1n) is 10.6. The van der Waals surface area contributed by atoms with Crippen molar-refractivity contribution in [2.45, 2.75) is 6.61 Å². The molecular weight excluding hydrogens is 476 g/mol. The van der Waals surface area contributed by atoms with Crippen molar-refractivity contribution in [2.75, 3.05) is 7.11 Å². The third-order valence-electron chi connectivity index (χ3n) is 5.22. The average molecular weight is 499 g/mol. The number of ether oxygens (including phenoxy) is 2. The van der Waals surface area contributed by atoms with E-state index in [1.54, 1.807) is 25.3 Å². The summed E-state index contributed by atoms with van der Waals surface area (Å²) in [5.74, 6) is 1.48. The van der Waals surface area contributed by atoms with Gasteiger partial charge >= 0.3 is 0 Å². The summed E-state index contributed by atoms with van der Waals surface area (Å²) in [5.41, 5.74) is 4.76. The summed E-state index contributed by atoms with van der Waals surface area (Å²) in [5, 5.41) is 0. The Kier molecular flexibility index (Phi) is 7.38. The maximum absolute atomic E-state index is 12.4. The number of hydrogen-bond donors (Lipinski definition) is 0. The predicted octanol–water partition coefficient (Wildman–Crippen LogP) is 7.60. The van der Waals surface area contributed by atoms with Gasteiger partial charge in [-0.05, 0) is 71.3 Å². The van der Waals surface area contributed by atoms with Crippen LogP contribution in [0.2, 0.25) is 0 Å². The lowest BCUT2D eigenvalue weighted by Crippen LogP contribution is -1.99. The first-order chi connectivity index (χ1) is 16.1. The summed E-state index contributed by atoms with van der Waals surface area (Å²) in [4.78, 5) is 12.4. The predicted molar refractivity (Wildman–Crippen MR) is 137 cm³/mol. The van der Waals surface area contributed by atoms with Crippen LogP contribution >= 0.6 is 15.9 Å². The summed E-state index contributed by atoms with van der Waals surface area (Å²) in [6.07, 6.45) is 3.39. The molecule has 4 aromatic carbocycles. The molecule has 4 aromatic rings. The Labute approximate surface area is 202 Å². The zero-order chi connectivity index (χ0) is 23.0. The quantitative estimate of drug-likeness (QED) is 0.185. The molecule has 0 aliphatic carbocycles. The SMILES string of the molecule is COc1ccc(/C=C/C(=O)c2ccc(Br)cc2)cc1COc1ccc(-c2ccccc2)cc1. The van der Waals surface area contributed by atoms with Crippen LogP contribution in [0.1, 0.15) is 21.5 Å². The number of carbonyl (C=O) groups excluding carboxylic acids is 1.